The van der Waals surface area contributed by atoms with Gasteiger partial charge in [-0.25, -0.2) is 14.0 Å². The summed E-state index contributed by atoms with van der Waals surface area (Å²) in [7, 11) is 3.32. The van der Waals surface area contributed by atoms with Crippen molar-refractivity contribution in [1.82, 2.24) is 10.2 Å². The van der Waals surface area contributed by atoms with Crippen LogP contribution in [-0.2, 0) is 28.5 Å². The smallest absolute Gasteiger partial charge is 0.407 e. The molecule has 1 aromatic heterocycles. The molecule has 0 bridgehead atoms. The third-order valence-corrected chi connectivity index (χ3v) is 10.9. The Morgan fingerprint density at radius 1 is 0.962 bits per heavy atom. The van der Waals surface area contributed by atoms with Crippen LogP contribution in [0.15, 0.2) is 28.7 Å². The summed E-state index contributed by atoms with van der Waals surface area (Å²) in [6.45, 7) is 5.75. The number of nitrogens with zero attached hydrogens (tertiary/aromatic N) is 1. The van der Waals surface area contributed by atoms with E-state index in [1.165, 1.54) is 0 Å². The number of likely N-dealkylation sites (tertiary alicyclic amines) is 1. The first kappa shape index (κ1) is 39.5. The maximum atomic E-state index is 14.3. The number of anilines is 1. The number of halogens is 1. The number of carbonyl (C=O) groups is 4. The first-order valence-electron chi connectivity index (χ1n) is 18.8. The van der Waals surface area contributed by atoms with Gasteiger partial charge in [-0.3, -0.25) is 9.59 Å². The van der Waals surface area contributed by atoms with Gasteiger partial charge in [0, 0.05) is 50.8 Å². The maximum Gasteiger partial charge on any atom is 0.407 e. The number of rotatable bonds is 13. The van der Waals surface area contributed by atoms with E-state index >= 15 is 0 Å². The van der Waals surface area contributed by atoms with Crippen LogP contribution in [0.2, 0.25) is 0 Å². The van der Waals surface area contributed by atoms with E-state index in [0.29, 0.717) is 61.9 Å². The largest absolute Gasteiger partial charge is 0.460 e. The van der Waals surface area contributed by atoms with Gasteiger partial charge in [-0.15, -0.1) is 0 Å². The molecule has 2 heterocycles. The van der Waals surface area contributed by atoms with E-state index in [-0.39, 0.29) is 54.0 Å². The molecule has 2 N–H and O–H groups in total. The number of alkyl carbamates (subject to hydrolysis) is 1. The Hall–Kier alpha value is -3.71. The lowest BCUT2D eigenvalue weighted by molar-refractivity contribution is -0.142. The van der Waals surface area contributed by atoms with Crippen molar-refractivity contribution in [3.63, 3.8) is 0 Å². The van der Waals surface area contributed by atoms with E-state index in [9.17, 15) is 23.6 Å². The SMILES string of the molecule is COCCCOC(=O)c1cc2cc(NC(=O)[C@H]3[C@@H](C4CCC(OC)CC4)CCN3C(=O)C3CCC([C@@H](CF)NC(=O)OC(C)(C)C)CC3)ccc2o1. The fraction of sp³-hybridized carbons (Fsp3) is 0.692. The topological polar surface area (TPSA) is 146 Å². The molecule has 2 aromatic rings. The highest BCUT2D eigenvalue weighted by molar-refractivity contribution is 6.00. The summed E-state index contributed by atoms with van der Waals surface area (Å²) in [5, 5.41) is 6.41. The van der Waals surface area contributed by atoms with E-state index in [1.54, 1.807) is 64.2 Å². The van der Waals surface area contributed by atoms with Crippen molar-refractivity contribution >= 4 is 40.5 Å². The quantitative estimate of drug-likeness (QED) is 0.171. The van der Waals surface area contributed by atoms with Crippen LogP contribution in [0.4, 0.5) is 14.9 Å². The Morgan fingerprint density at radius 2 is 1.69 bits per heavy atom. The molecule has 0 spiro atoms. The van der Waals surface area contributed by atoms with Gasteiger partial charge in [0.25, 0.3) is 0 Å². The monoisotopic (exact) mass is 729 g/mol. The molecule has 12 nitrogen and oxygen atoms in total. The molecule has 1 aromatic carbocycles. The summed E-state index contributed by atoms with van der Waals surface area (Å²) >= 11 is 0. The van der Waals surface area contributed by atoms with Gasteiger partial charge >= 0.3 is 12.1 Å². The average molecular weight is 730 g/mol. The first-order valence-corrected chi connectivity index (χ1v) is 18.8. The molecule has 0 unspecified atom stereocenters. The normalized spacial score (nSPS) is 25.8. The summed E-state index contributed by atoms with van der Waals surface area (Å²) in [5.74, 6) is -0.885. The molecular formula is C39H56FN3O9. The van der Waals surface area contributed by atoms with E-state index < -0.39 is 36.4 Å². The van der Waals surface area contributed by atoms with E-state index in [2.05, 4.69) is 10.6 Å². The van der Waals surface area contributed by atoms with Crippen LogP contribution >= 0.6 is 0 Å². The highest BCUT2D eigenvalue weighted by Gasteiger charge is 2.47. The molecule has 3 fully saturated rings. The average Bonchev–Trinajstić information content (AvgIpc) is 3.77. The molecule has 288 valence electrons. The fourth-order valence-corrected chi connectivity index (χ4v) is 8.27. The number of esters is 1. The van der Waals surface area contributed by atoms with Crippen molar-refractivity contribution in [2.45, 2.75) is 109 Å². The zero-order chi connectivity index (χ0) is 37.4. The lowest BCUT2D eigenvalue weighted by Gasteiger charge is -2.38. The number of carbonyl (C=O) groups excluding carboxylic acids is 4. The van der Waals surface area contributed by atoms with E-state index in [4.69, 9.17) is 23.4 Å². The number of benzene rings is 1. The Bertz CT molecular complexity index is 1520. The van der Waals surface area contributed by atoms with Gasteiger partial charge in [0.05, 0.1) is 18.8 Å². The molecule has 3 amide bonds. The minimum atomic E-state index is -0.714. The van der Waals surface area contributed by atoms with Gasteiger partial charge in [0.2, 0.25) is 17.6 Å². The van der Waals surface area contributed by atoms with Crippen molar-refractivity contribution < 1.29 is 46.9 Å². The predicted molar refractivity (Wildman–Crippen MR) is 193 cm³/mol. The molecule has 1 aliphatic heterocycles. The summed E-state index contributed by atoms with van der Waals surface area (Å²) in [5.41, 5.74) is 0.332. The number of fused-ring (bicyclic) bond motifs is 1. The molecule has 2 saturated carbocycles. The number of ether oxygens (including phenoxy) is 4. The van der Waals surface area contributed by atoms with Crippen molar-refractivity contribution in [2.24, 2.45) is 23.7 Å². The third-order valence-electron chi connectivity index (χ3n) is 10.9. The molecule has 5 rings (SSSR count). The highest BCUT2D eigenvalue weighted by Crippen LogP contribution is 2.42. The standard InChI is InChI=1S/C39H56FN3O9/c1-39(2,3)52-38(47)42-31(23-40)25-7-9-26(10-8-25)36(45)43-18-17-30(24-11-14-29(49-5)15-12-24)34(43)35(44)41-28-13-16-32-27(21-28)22-33(51-32)37(46)50-20-6-19-48-4/h13,16,21-22,24-26,29-31,34H,6-12,14-15,17-20,23H2,1-5H3,(H,41,44)(H,42,47)/t24?,25?,26?,29?,30-,31-,34-/m1/s1. The zero-order valence-corrected chi connectivity index (χ0v) is 31.2. The molecule has 3 atom stereocenters. The fourth-order valence-electron chi connectivity index (χ4n) is 8.27. The Balaban J connectivity index is 1.27. The maximum absolute atomic E-state index is 14.3. The second-order valence-electron chi connectivity index (χ2n) is 15.6. The summed E-state index contributed by atoms with van der Waals surface area (Å²) in [4.78, 5) is 55.1. The van der Waals surface area contributed by atoms with Crippen LogP contribution in [0.5, 0.6) is 0 Å². The third kappa shape index (κ3) is 10.0. The number of furan rings is 1. The van der Waals surface area contributed by atoms with Crippen LogP contribution in [0.1, 0.15) is 95.5 Å². The van der Waals surface area contributed by atoms with Gasteiger partial charge < -0.3 is 38.9 Å². The molecule has 3 aliphatic rings. The zero-order valence-electron chi connectivity index (χ0n) is 31.2. The van der Waals surface area contributed by atoms with Crippen LogP contribution in [0, 0.1) is 23.7 Å². The number of nitrogens with one attached hydrogen (secondary N) is 2. The van der Waals surface area contributed by atoms with Gasteiger partial charge in [-0.2, -0.15) is 0 Å². The Morgan fingerprint density at radius 3 is 2.35 bits per heavy atom. The summed E-state index contributed by atoms with van der Waals surface area (Å²) in [6, 6.07) is 5.46. The minimum absolute atomic E-state index is 0.00387. The summed E-state index contributed by atoms with van der Waals surface area (Å²) < 4.78 is 41.0. The summed E-state index contributed by atoms with van der Waals surface area (Å²) in [6.07, 6.45) is 6.87. The van der Waals surface area contributed by atoms with E-state index in [1.807, 2.05) is 0 Å². The van der Waals surface area contributed by atoms with Crippen molar-refractivity contribution in [3.8, 4) is 0 Å². The molecule has 0 radical (unpaired) electrons. The second kappa shape index (κ2) is 17.9. The number of hydrogen-bond donors (Lipinski definition) is 2. The van der Waals surface area contributed by atoms with Crippen LogP contribution in [0.3, 0.4) is 0 Å². The van der Waals surface area contributed by atoms with Crippen LogP contribution in [0.25, 0.3) is 11.0 Å². The molecule has 52 heavy (non-hydrogen) atoms. The van der Waals surface area contributed by atoms with Crippen LogP contribution in [-0.4, -0.2) is 93.2 Å². The molecule has 2 aliphatic carbocycles. The Kier molecular flexibility index (Phi) is 13.6. The number of methoxy groups -OCH3 is 2. The number of alkyl halides is 1. The van der Waals surface area contributed by atoms with Gasteiger partial charge in [0.1, 0.15) is 23.9 Å². The lowest BCUT2D eigenvalue weighted by Crippen LogP contribution is -2.50. The highest BCUT2D eigenvalue weighted by atomic mass is 19.1. The molecular weight excluding hydrogens is 673 g/mol. The molecule has 13 heteroatoms. The van der Waals surface area contributed by atoms with Crippen LogP contribution < -0.4 is 10.6 Å². The van der Waals surface area contributed by atoms with E-state index in [0.717, 1.165) is 32.1 Å². The van der Waals surface area contributed by atoms with Crippen molar-refractivity contribution in [1.29, 1.82) is 0 Å². The van der Waals surface area contributed by atoms with Gasteiger partial charge in [-0.1, -0.05) is 0 Å². The minimum Gasteiger partial charge on any atom is -0.460 e. The number of hydrogen-bond acceptors (Lipinski definition) is 9. The van der Waals surface area contributed by atoms with Gasteiger partial charge in [0.15, 0.2) is 0 Å². The second-order valence-corrected chi connectivity index (χ2v) is 15.6. The number of amides is 3. The van der Waals surface area contributed by atoms with Crippen molar-refractivity contribution in [2.75, 3.05) is 46.0 Å². The lowest BCUT2D eigenvalue weighted by atomic mass is 9.75. The van der Waals surface area contributed by atoms with Crippen molar-refractivity contribution in [3.05, 3.63) is 30.0 Å². The first-order chi connectivity index (χ1) is 24.9. The van der Waals surface area contributed by atoms with Gasteiger partial charge in [-0.05, 0) is 121 Å². The Labute approximate surface area is 305 Å². The molecule has 1 saturated heterocycles. The predicted octanol–water partition coefficient (Wildman–Crippen LogP) is 6.66.